The second-order valence-electron chi connectivity index (χ2n) is 3.37. The maximum atomic E-state index is 2.26. The lowest BCUT2D eigenvalue weighted by atomic mass is 9.91. The lowest BCUT2D eigenvalue weighted by Crippen LogP contribution is -1.97. The highest BCUT2D eigenvalue weighted by molar-refractivity contribution is 5.28. The van der Waals surface area contributed by atoms with Gasteiger partial charge in [0.1, 0.15) is 0 Å². The van der Waals surface area contributed by atoms with Gasteiger partial charge < -0.3 is 0 Å². The summed E-state index contributed by atoms with van der Waals surface area (Å²) < 4.78 is 0. The minimum absolute atomic E-state index is 0.756. The van der Waals surface area contributed by atoms with Crippen molar-refractivity contribution in [1.29, 1.82) is 0 Å². The molecular weight excluding hydrogens is 144 g/mol. The van der Waals surface area contributed by atoms with Crippen molar-refractivity contribution in [2.75, 3.05) is 0 Å². The Morgan fingerprint density at radius 2 is 1.67 bits per heavy atom. The van der Waals surface area contributed by atoms with E-state index in [1.807, 2.05) is 0 Å². The fraction of sp³-hybridized carbons (Fsp3) is 0.500. The average Bonchev–Trinajstić information content (AvgIpc) is 2.10. The molecule has 0 unspecified atom stereocenters. The van der Waals surface area contributed by atoms with E-state index >= 15 is 0 Å². The second-order valence-corrected chi connectivity index (χ2v) is 3.37. The predicted octanol–water partition coefficient (Wildman–Crippen LogP) is 3.90. The van der Waals surface area contributed by atoms with E-state index in [2.05, 4.69) is 45.0 Å². The Labute approximate surface area is 75.6 Å². The quantitative estimate of drug-likeness (QED) is 0.632. The van der Waals surface area contributed by atoms with Gasteiger partial charge in [-0.3, -0.25) is 0 Å². The standard InChI is InChI=1S/C12H18/c1-4-11(5-2)12-9-7-6-8-10(12)3/h6-9,11H,4-5H2,1-3H3. The molecule has 0 nitrogen and oxygen atoms in total. The van der Waals surface area contributed by atoms with Crippen LogP contribution < -0.4 is 0 Å². The Morgan fingerprint density at radius 1 is 1.08 bits per heavy atom. The number of hydrogen-bond donors (Lipinski definition) is 0. The van der Waals surface area contributed by atoms with Crippen molar-refractivity contribution in [3.05, 3.63) is 35.4 Å². The molecule has 66 valence electrons. The Balaban J connectivity index is 2.92. The molecule has 0 saturated carbocycles. The van der Waals surface area contributed by atoms with Crippen molar-refractivity contribution in [3.8, 4) is 0 Å². The first-order valence-electron chi connectivity index (χ1n) is 4.85. The molecule has 0 heteroatoms. The van der Waals surface area contributed by atoms with Crippen molar-refractivity contribution in [2.45, 2.75) is 39.5 Å². The van der Waals surface area contributed by atoms with Gasteiger partial charge in [-0.05, 0) is 36.8 Å². The zero-order valence-corrected chi connectivity index (χ0v) is 8.30. The molecule has 1 aromatic carbocycles. The molecule has 0 saturated heterocycles. The molecule has 0 bridgehead atoms. The van der Waals surface area contributed by atoms with Crippen LogP contribution in [0, 0.1) is 6.92 Å². The van der Waals surface area contributed by atoms with Crippen LogP contribution in [0.15, 0.2) is 24.3 Å². The topological polar surface area (TPSA) is 0 Å². The van der Waals surface area contributed by atoms with Gasteiger partial charge in [-0.2, -0.15) is 0 Å². The fourth-order valence-electron chi connectivity index (χ4n) is 1.77. The number of aryl methyl sites for hydroxylation is 1. The van der Waals surface area contributed by atoms with Gasteiger partial charge in [0.15, 0.2) is 0 Å². The highest BCUT2D eigenvalue weighted by atomic mass is 14.1. The first kappa shape index (κ1) is 9.31. The fourth-order valence-corrected chi connectivity index (χ4v) is 1.77. The summed E-state index contributed by atoms with van der Waals surface area (Å²) >= 11 is 0. The first-order valence-corrected chi connectivity index (χ1v) is 4.85. The smallest absolute Gasteiger partial charge is 0.0165 e. The van der Waals surface area contributed by atoms with E-state index in [4.69, 9.17) is 0 Å². The summed E-state index contributed by atoms with van der Waals surface area (Å²) in [6.45, 7) is 6.73. The summed E-state index contributed by atoms with van der Waals surface area (Å²) in [5.41, 5.74) is 2.97. The zero-order valence-electron chi connectivity index (χ0n) is 8.30. The Bertz CT molecular complexity index is 234. The second kappa shape index (κ2) is 4.30. The molecule has 0 aliphatic heterocycles. The summed E-state index contributed by atoms with van der Waals surface area (Å²) in [5, 5.41) is 0. The molecule has 0 atom stereocenters. The van der Waals surface area contributed by atoms with Crippen LogP contribution in [-0.2, 0) is 0 Å². The van der Waals surface area contributed by atoms with E-state index in [-0.39, 0.29) is 0 Å². The monoisotopic (exact) mass is 162 g/mol. The third-order valence-corrected chi connectivity index (χ3v) is 2.61. The third-order valence-electron chi connectivity index (χ3n) is 2.61. The molecular formula is C12H18. The van der Waals surface area contributed by atoms with Crippen molar-refractivity contribution >= 4 is 0 Å². The summed E-state index contributed by atoms with van der Waals surface area (Å²) in [7, 11) is 0. The summed E-state index contributed by atoms with van der Waals surface area (Å²) in [5.74, 6) is 0.756. The SMILES string of the molecule is CCC(CC)c1ccccc1C. The van der Waals surface area contributed by atoms with E-state index < -0.39 is 0 Å². The van der Waals surface area contributed by atoms with E-state index in [0.717, 1.165) is 5.92 Å². The van der Waals surface area contributed by atoms with Crippen LogP contribution in [0.3, 0.4) is 0 Å². The minimum atomic E-state index is 0.756. The van der Waals surface area contributed by atoms with Crippen LogP contribution in [0.1, 0.15) is 43.7 Å². The Morgan fingerprint density at radius 3 is 2.17 bits per heavy atom. The van der Waals surface area contributed by atoms with Crippen molar-refractivity contribution in [2.24, 2.45) is 0 Å². The highest BCUT2D eigenvalue weighted by Crippen LogP contribution is 2.25. The first-order chi connectivity index (χ1) is 5.79. The van der Waals surface area contributed by atoms with E-state index in [9.17, 15) is 0 Å². The Hall–Kier alpha value is -0.780. The molecule has 0 aliphatic carbocycles. The van der Waals surface area contributed by atoms with E-state index in [0.29, 0.717) is 0 Å². The molecule has 1 rings (SSSR count). The molecule has 0 aromatic heterocycles. The van der Waals surface area contributed by atoms with Gasteiger partial charge in [-0.15, -0.1) is 0 Å². The molecule has 0 spiro atoms. The van der Waals surface area contributed by atoms with Gasteiger partial charge in [-0.25, -0.2) is 0 Å². The highest BCUT2D eigenvalue weighted by Gasteiger charge is 2.07. The van der Waals surface area contributed by atoms with Crippen LogP contribution in [0.2, 0.25) is 0 Å². The average molecular weight is 162 g/mol. The maximum Gasteiger partial charge on any atom is -0.0165 e. The predicted molar refractivity (Wildman–Crippen MR) is 54.5 cm³/mol. The largest absolute Gasteiger partial charge is 0.0648 e. The summed E-state index contributed by atoms with van der Waals surface area (Å²) in [6, 6.07) is 8.71. The van der Waals surface area contributed by atoms with Gasteiger partial charge >= 0.3 is 0 Å². The summed E-state index contributed by atoms with van der Waals surface area (Å²) in [6.07, 6.45) is 2.50. The van der Waals surface area contributed by atoms with E-state index in [1.54, 1.807) is 0 Å². The van der Waals surface area contributed by atoms with Gasteiger partial charge in [0, 0.05) is 0 Å². The van der Waals surface area contributed by atoms with Gasteiger partial charge in [-0.1, -0.05) is 38.1 Å². The molecule has 0 aliphatic rings. The van der Waals surface area contributed by atoms with Crippen LogP contribution in [-0.4, -0.2) is 0 Å². The lowest BCUT2D eigenvalue weighted by Gasteiger charge is -2.14. The number of benzene rings is 1. The van der Waals surface area contributed by atoms with Gasteiger partial charge in [0.2, 0.25) is 0 Å². The van der Waals surface area contributed by atoms with Crippen molar-refractivity contribution < 1.29 is 0 Å². The third kappa shape index (κ3) is 1.88. The number of hydrogen-bond acceptors (Lipinski definition) is 0. The summed E-state index contributed by atoms with van der Waals surface area (Å²) in [4.78, 5) is 0. The van der Waals surface area contributed by atoms with Crippen LogP contribution >= 0.6 is 0 Å². The van der Waals surface area contributed by atoms with Gasteiger partial charge in [0.25, 0.3) is 0 Å². The molecule has 0 radical (unpaired) electrons. The zero-order chi connectivity index (χ0) is 8.97. The van der Waals surface area contributed by atoms with Crippen LogP contribution in [0.5, 0.6) is 0 Å². The maximum absolute atomic E-state index is 2.26. The molecule has 0 amide bonds. The van der Waals surface area contributed by atoms with Gasteiger partial charge in [0.05, 0.1) is 0 Å². The van der Waals surface area contributed by atoms with E-state index in [1.165, 1.54) is 24.0 Å². The van der Waals surface area contributed by atoms with Crippen LogP contribution in [0.4, 0.5) is 0 Å². The molecule has 1 aromatic rings. The van der Waals surface area contributed by atoms with Crippen molar-refractivity contribution in [1.82, 2.24) is 0 Å². The number of rotatable bonds is 3. The normalized spacial score (nSPS) is 10.7. The Kier molecular flexibility index (Phi) is 3.33. The van der Waals surface area contributed by atoms with Crippen molar-refractivity contribution in [3.63, 3.8) is 0 Å². The molecule has 0 fully saturated rings. The molecule has 0 N–H and O–H groups in total. The minimum Gasteiger partial charge on any atom is -0.0648 e. The lowest BCUT2D eigenvalue weighted by molar-refractivity contribution is 0.638. The molecule has 12 heavy (non-hydrogen) atoms. The molecule has 0 heterocycles. The van der Waals surface area contributed by atoms with Crippen LogP contribution in [0.25, 0.3) is 0 Å².